The molecule has 0 unspecified atom stereocenters. The molecule has 2 N–H and O–H groups in total. The van der Waals surface area contributed by atoms with Crippen LogP contribution in [0.1, 0.15) is 57.1 Å². The highest BCUT2D eigenvalue weighted by atomic mass is 32.1. The number of likely N-dealkylation sites (N-methyl/N-ethyl adjacent to an activating group) is 1. The van der Waals surface area contributed by atoms with Crippen molar-refractivity contribution in [2.24, 2.45) is 5.92 Å². The Balaban J connectivity index is 0.000000343. The van der Waals surface area contributed by atoms with Gasteiger partial charge in [-0.3, -0.25) is 0 Å². The number of aliphatic carboxylic acids is 2. The van der Waals surface area contributed by atoms with Crippen LogP contribution in [0.25, 0.3) is 5.57 Å². The molecule has 166 valence electrons. The van der Waals surface area contributed by atoms with E-state index >= 15 is 0 Å². The van der Waals surface area contributed by atoms with Crippen molar-refractivity contribution in [1.82, 2.24) is 13.6 Å². The molecular formula is C21H31N3O5S. The molecule has 1 aliphatic carbocycles. The largest absolute Gasteiger partial charge is 0.478 e. The van der Waals surface area contributed by atoms with Gasteiger partial charge in [0.05, 0.1) is 18.3 Å². The molecule has 30 heavy (non-hydrogen) atoms. The zero-order valence-corrected chi connectivity index (χ0v) is 18.3. The third-order valence-corrected chi connectivity index (χ3v) is 5.70. The minimum atomic E-state index is -1.26. The lowest BCUT2D eigenvalue weighted by atomic mass is 9.86. The lowest BCUT2D eigenvalue weighted by molar-refractivity contribution is -0.134. The van der Waals surface area contributed by atoms with Crippen molar-refractivity contribution in [2.75, 3.05) is 26.7 Å². The Kier molecular flexibility index (Phi) is 10.5. The minimum absolute atomic E-state index is 0.558. The molecule has 1 fully saturated rings. The van der Waals surface area contributed by atoms with E-state index in [9.17, 15) is 9.59 Å². The first-order valence-electron chi connectivity index (χ1n) is 10.4. The topological polar surface area (TPSA) is 113 Å². The first kappa shape index (κ1) is 24.0. The van der Waals surface area contributed by atoms with Gasteiger partial charge < -0.3 is 19.8 Å². The average molecular weight is 438 g/mol. The van der Waals surface area contributed by atoms with Gasteiger partial charge in [0, 0.05) is 25.2 Å². The SMILES string of the molecule is CN1CCC=C(c2nsnc2OCCCC2CCCCC2)C1.O=C(O)/C=C/C(=O)O. The van der Waals surface area contributed by atoms with E-state index in [1.807, 2.05) is 0 Å². The van der Waals surface area contributed by atoms with E-state index in [2.05, 4.69) is 26.8 Å². The summed E-state index contributed by atoms with van der Waals surface area (Å²) in [7, 11) is 2.15. The molecule has 9 heteroatoms. The fourth-order valence-electron chi connectivity index (χ4n) is 3.70. The normalized spacial score (nSPS) is 17.8. The summed E-state index contributed by atoms with van der Waals surface area (Å²) in [5.41, 5.74) is 2.24. The van der Waals surface area contributed by atoms with Crippen LogP contribution in [-0.2, 0) is 9.59 Å². The van der Waals surface area contributed by atoms with Crippen molar-refractivity contribution in [2.45, 2.75) is 51.4 Å². The molecule has 2 aliphatic rings. The second-order valence-corrected chi connectivity index (χ2v) is 8.21. The predicted molar refractivity (Wildman–Crippen MR) is 116 cm³/mol. The van der Waals surface area contributed by atoms with Crippen LogP contribution in [0.5, 0.6) is 5.88 Å². The highest BCUT2D eigenvalue weighted by molar-refractivity contribution is 6.99. The van der Waals surface area contributed by atoms with E-state index < -0.39 is 11.9 Å². The van der Waals surface area contributed by atoms with E-state index in [4.69, 9.17) is 14.9 Å². The van der Waals surface area contributed by atoms with Crippen molar-refractivity contribution in [3.8, 4) is 5.88 Å². The molecular weight excluding hydrogens is 406 g/mol. The van der Waals surface area contributed by atoms with Crippen LogP contribution < -0.4 is 4.74 Å². The molecule has 0 spiro atoms. The summed E-state index contributed by atoms with van der Waals surface area (Å²) in [6.45, 7) is 2.85. The summed E-state index contributed by atoms with van der Waals surface area (Å²) >= 11 is 1.26. The Morgan fingerprint density at radius 3 is 2.53 bits per heavy atom. The molecule has 0 atom stereocenters. The van der Waals surface area contributed by atoms with Crippen molar-refractivity contribution < 1.29 is 24.5 Å². The number of hydrogen-bond donors (Lipinski definition) is 2. The minimum Gasteiger partial charge on any atom is -0.478 e. The molecule has 3 rings (SSSR count). The monoisotopic (exact) mass is 437 g/mol. The maximum absolute atomic E-state index is 9.55. The molecule has 0 amide bonds. The Labute approximate surface area is 181 Å². The Morgan fingerprint density at radius 1 is 1.20 bits per heavy atom. The van der Waals surface area contributed by atoms with Gasteiger partial charge in [0.2, 0.25) is 0 Å². The second kappa shape index (κ2) is 13.1. The Bertz CT molecular complexity index is 725. The smallest absolute Gasteiger partial charge is 0.328 e. The number of carbonyl (C=O) groups is 2. The van der Waals surface area contributed by atoms with Crippen LogP contribution in [0.3, 0.4) is 0 Å². The first-order valence-corrected chi connectivity index (χ1v) is 11.2. The molecule has 0 bridgehead atoms. The fourth-order valence-corrected chi connectivity index (χ4v) is 4.23. The zero-order chi connectivity index (χ0) is 21.8. The van der Waals surface area contributed by atoms with Crippen molar-refractivity contribution in [1.29, 1.82) is 0 Å². The highest BCUT2D eigenvalue weighted by Crippen LogP contribution is 2.29. The summed E-state index contributed by atoms with van der Waals surface area (Å²) in [4.78, 5) is 21.4. The van der Waals surface area contributed by atoms with Gasteiger partial charge in [-0.05, 0) is 37.8 Å². The molecule has 0 saturated heterocycles. The number of nitrogens with zero attached hydrogens (tertiary/aromatic N) is 3. The fraction of sp³-hybridized carbons (Fsp3) is 0.619. The van der Waals surface area contributed by atoms with Crippen LogP contribution in [0.4, 0.5) is 0 Å². The van der Waals surface area contributed by atoms with Gasteiger partial charge in [-0.1, -0.05) is 38.2 Å². The molecule has 1 aliphatic heterocycles. The van der Waals surface area contributed by atoms with Crippen molar-refractivity contribution in [3.05, 3.63) is 23.9 Å². The van der Waals surface area contributed by atoms with Crippen LogP contribution in [0.2, 0.25) is 0 Å². The number of carboxylic acids is 2. The van der Waals surface area contributed by atoms with Gasteiger partial charge in [-0.15, -0.1) is 4.37 Å². The van der Waals surface area contributed by atoms with E-state index in [1.54, 1.807) is 0 Å². The quantitative estimate of drug-likeness (QED) is 0.467. The molecule has 1 saturated carbocycles. The van der Waals surface area contributed by atoms with Gasteiger partial charge in [0.1, 0.15) is 5.69 Å². The number of carboxylic acid groups (broad SMARTS) is 2. The van der Waals surface area contributed by atoms with Crippen LogP contribution >= 0.6 is 11.7 Å². The molecule has 8 nitrogen and oxygen atoms in total. The predicted octanol–water partition coefficient (Wildman–Crippen LogP) is 3.71. The first-order chi connectivity index (χ1) is 14.5. The van der Waals surface area contributed by atoms with Crippen molar-refractivity contribution >= 4 is 29.2 Å². The lowest BCUT2D eigenvalue weighted by Gasteiger charge is -2.22. The number of ether oxygens (including phenoxy) is 1. The third kappa shape index (κ3) is 9.04. The van der Waals surface area contributed by atoms with Crippen LogP contribution in [-0.4, -0.2) is 62.5 Å². The number of aromatic nitrogens is 2. The third-order valence-electron chi connectivity index (χ3n) is 5.19. The van der Waals surface area contributed by atoms with Gasteiger partial charge >= 0.3 is 11.9 Å². The maximum Gasteiger partial charge on any atom is 0.328 e. The van der Waals surface area contributed by atoms with Crippen LogP contribution in [0.15, 0.2) is 18.2 Å². The molecule has 0 radical (unpaired) electrons. The van der Waals surface area contributed by atoms with Gasteiger partial charge in [-0.25, -0.2) is 9.59 Å². The summed E-state index contributed by atoms with van der Waals surface area (Å²) in [6.07, 6.45) is 14.1. The van der Waals surface area contributed by atoms with E-state index in [0.717, 1.165) is 50.0 Å². The summed E-state index contributed by atoms with van der Waals surface area (Å²) in [5.74, 6) is -0.838. The van der Waals surface area contributed by atoms with Gasteiger partial charge in [0.25, 0.3) is 5.88 Å². The van der Waals surface area contributed by atoms with E-state index in [0.29, 0.717) is 12.2 Å². The summed E-state index contributed by atoms with van der Waals surface area (Å²) < 4.78 is 14.7. The Hall–Kier alpha value is -2.26. The van der Waals surface area contributed by atoms with Gasteiger partial charge in [-0.2, -0.15) is 4.37 Å². The number of hydrogen-bond acceptors (Lipinski definition) is 7. The van der Waals surface area contributed by atoms with Crippen molar-refractivity contribution in [3.63, 3.8) is 0 Å². The van der Waals surface area contributed by atoms with Gasteiger partial charge in [0.15, 0.2) is 0 Å². The molecule has 0 aromatic carbocycles. The second-order valence-electron chi connectivity index (χ2n) is 7.68. The van der Waals surface area contributed by atoms with E-state index in [1.165, 1.54) is 55.8 Å². The zero-order valence-electron chi connectivity index (χ0n) is 17.5. The maximum atomic E-state index is 9.55. The standard InChI is InChI=1S/C17H27N3OS.C4H4O4/c1-20-11-5-10-15(13-20)16-17(19-22-18-16)21-12-6-9-14-7-3-2-4-8-14;5-3(6)1-2-4(7)8/h10,14H,2-9,11-13H2,1H3;1-2H,(H,5,6)(H,7,8)/b;2-1+. The lowest BCUT2D eigenvalue weighted by Crippen LogP contribution is -2.25. The molecule has 2 heterocycles. The Morgan fingerprint density at radius 2 is 1.90 bits per heavy atom. The number of rotatable bonds is 8. The highest BCUT2D eigenvalue weighted by Gasteiger charge is 2.19. The molecule has 1 aromatic rings. The summed E-state index contributed by atoms with van der Waals surface area (Å²) in [6, 6.07) is 0. The van der Waals surface area contributed by atoms with E-state index in [-0.39, 0.29) is 0 Å². The molecule has 1 aromatic heterocycles. The van der Waals surface area contributed by atoms with Crippen LogP contribution in [0, 0.1) is 5.92 Å². The summed E-state index contributed by atoms with van der Waals surface area (Å²) in [5, 5.41) is 15.6. The average Bonchev–Trinajstić information content (AvgIpc) is 3.20.